The maximum Gasteiger partial charge on any atom is 0.0517 e. The fourth-order valence-electron chi connectivity index (χ4n) is 14.9. The van der Waals surface area contributed by atoms with Crippen LogP contribution in [0.5, 0.6) is 0 Å². The molecule has 0 aromatic heterocycles. The van der Waals surface area contributed by atoms with Crippen LogP contribution in [0.25, 0.3) is 66.1 Å². The molecular weight excluding hydrogens is 897 g/mol. The minimum atomic E-state index is -0.0224. The van der Waals surface area contributed by atoms with Gasteiger partial charge in [-0.3, -0.25) is 0 Å². The van der Waals surface area contributed by atoms with Gasteiger partial charge in [-0.25, -0.2) is 0 Å². The van der Waals surface area contributed by atoms with Crippen molar-refractivity contribution in [2.24, 2.45) is 0 Å². The lowest BCUT2D eigenvalue weighted by atomic mass is 9.61. The van der Waals surface area contributed by atoms with Crippen molar-refractivity contribution >= 4 is 55.7 Å². The molecule has 4 heteroatoms. The van der Waals surface area contributed by atoms with E-state index in [1.165, 1.54) is 163 Å². The molecule has 0 amide bonds. The molecule has 4 atom stereocenters. The minimum Gasteiger partial charge on any atom is -0.378 e. The average Bonchev–Trinajstić information content (AvgIpc) is 3.77. The number of hydrogen-bond donors (Lipinski definition) is 0. The van der Waals surface area contributed by atoms with Crippen molar-refractivity contribution in [1.82, 2.24) is 0 Å². The Kier molecular flexibility index (Phi) is 10.8. The van der Waals surface area contributed by atoms with E-state index in [9.17, 15) is 0 Å². The molecule has 13 rings (SSSR count). The molecule has 0 bridgehead atoms. The van der Waals surface area contributed by atoms with Gasteiger partial charge in [0.25, 0.3) is 0 Å². The van der Waals surface area contributed by atoms with Crippen LogP contribution in [0.15, 0.2) is 182 Å². The van der Waals surface area contributed by atoms with Crippen molar-refractivity contribution in [3.8, 4) is 44.5 Å². The van der Waals surface area contributed by atoms with Crippen molar-refractivity contribution < 1.29 is 0 Å². The number of hydrogen-bond acceptors (Lipinski definition) is 4. The number of anilines is 6. The van der Waals surface area contributed by atoms with Crippen LogP contribution in [0.4, 0.5) is 34.1 Å². The van der Waals surface area contributed by atoms with Gasteiger partial charge in [-0.05, 0) is 202 Å². The molecule has 9 aromatic carbocycles. The van der Waals surface area contributed by atoms with Gasteiger partial charge in [0.1, 0.15) is 0 Å². The zero-order valence-corrected chi connectivity index (χ0v) is 44.8. The molecule has 0 radical (unpaired) electrons. The third-order valence-corrected chi connectivity index (χ3v) is 19.4. The third kappa shape index (κ3) is 6.79. The summed E-state index contributed by atoms with van der Waals surface area (Å²) in [5, 5.41) is 5.12. The van der Waals surface area contributed by atoms with E-state index in [1.54, 1.807) is 0 Å². The highest BCUT2D eigenvalue weighted by Crippen LogP contribution is 2.63. The lowest BCUT2D eigenvalue weighted by Crippen LogP contribution is -2.54. The summed E-state index contributed by atoms with van der Waals surface area (Å²) in [7, 11) is 8.49. The Morgan fingerprint density at radius 1 is 0.338 bits per heavy atom. The predicted octanol–water partition coefficient (Wildman–Crippen LogP) is 18.3. The van der Waals surface area contributed by atoms with E-state index >= 15 is 0 Å². The van der Waals surface area contributed by atoms with Crippen LogP contribution in [-0.2, 0) is 10.8 Å². The van der Waals surface area contributed by atoms with E-state index < -0.39 is 0 Å². The second-order valence-electron chi connectivity index (χ2n) is 23.6. The van der Waals surface area contributed by atoms with Crippen LogP contribution < -0.4 is 19.6 Å². The molecule has 2 saturated carbocycles. The molecular formula is C70H70N4. The maximum absolute atomic E-state index is 2.70. The normalized spacial score (nSPS) is 22.9. The van der Waals surface area contributed by atoms with Gasteiger partial charge < -0.3 is 19.6 Å². The SMILES string of the molecule is CN(C)c1ccc(N2c3ccc(-c4ccc5c(-c6ccccc6)c6cc(-c7ccc8c(c7)C7(C)CCCCC7(C)N8c7ccc(N(C)C)cc7)ccc6c(-c6ccccc6)c5c4)cc3C3(C)CCCCC23C)cc1. The smallest absolute Gasteiger partial charge is 0.0517 e. The predicted molar refractivity (Wildman–Crippen MR) is 317 cm³/mol. The molecule has 370 valence electrons. The highest BCUT2D eigenvalue weighted by molar-refractivity contribution is 6.22. The zero-order valence-electron chi connectivity index (χ0n) is 44.8. The molecule has 9 aromatic rings. The van der Waals surface area contributed by atoms with Crippen LogP contribution in [0.2, 0.25) is 0 Å². The van der Waals surface area contributed by atoms with Crippen molar-refractivity contribution in [3.05, 3.63) is 193 Å². The Hall–Kier alpha value is -7.30. The van der Waals surface area contributed by atoms with Crippen molar-refractivity contribution in [2.75, 3.05) is 47.8 Å². The summed E-state index contributed by atoms with van der Waals surface area (Å²) in [6, 6.07) is 70.2. The second kappa shape index (κ2) is 17.1. The maximum atomic E-state index is 2.70. The van der Waals surface area contributed by atoms with Crippen LogP contribution >= 0.6 is 0 Å². The Balaban J connectivity index is 0.979. The molecule has 4 nitrogen and oxygen atoms in total. The van der Waals surface area contributed by atoms with E-state index in [0.29, 0.717) is 0 Å². The van der Waals surface area contributed by atoms with Gasteiger partial charge in [0, 0.05) is 73.1 Å². The molecule has 2 aliphatic carbocycles. The van der Waals surface area contributed by atoms with E-state index in [0.717, 1.165) is 0 Å². The van der Waals surface area contributed by atoms with Crippen LogP contribution in [-0.4, -0.2) is 39.3 Å². The highest BCUT2D eigenvalue weighted by atomic mass is 15.3. The van der Waals surface area contributed by atoms with Crippen LogP contribution in [0, 0.1) is 0 Å². The quantitative estimate of drug-likeness (QED) is 0.141. The lowest BCUT2D eigenvalue weighted by Gasteiger charge is -2.50. The first-order valence-corrected chi connectivity index (χ1v) is 27.4. The van der Waals surface area contributed by atoms with Gasteiger partial charge in [0.2, 0.25) is 0 Å². The molecule has 0 N–H and O–H groups in total. The first kappa shape index (κ1) is 46.5. The van der Waals surface area contributed by atoms with Crippen LogP contribution in [0.1, 0.15) is 90.2 Å². The average molecular weight is 967 g/mol. The van der Waals surface area contributed by atoms with E-state index in [1.807, 2.05) is 0 Å². The minimum absolute atomic E-state index is 0.0154. The summed E-state index contributed by atoms with van der Waals surface area (Å²) < 4.78 is 0. The Morgan fingerprint density at radius 3 is 1.07 bits per heavy atom. The van der Waals surface area contributed by atoms with E-state index in [4.69, 9.17) is 0 Å². The molecule has 2 fully saturated rings. The zero-order chi connectivity index (χ0) is 50.7. The Labute approximate surface area is 439 Å². The van der Waals surface area contributed by atoms with E-state index in [2.05, 4.69) is 257 Å². The molecule has 2 aliphatic heterocycles. The highest BCUT2D eigenvalue weighted by Gasteiger charge is 2.59. The molecule has 0 saturated heterocycles. The fourth-order valence-corrected chi connectivity index (χ4v) is 14.9. The first-order chi connectivity index (χ1) is 35.8. The number of nitrogens with zero attached hydrogens (tertiary/aromatic N) is 4. The van der Waals surface area contributed by atoms with Gasteiger partial charge in [-0.2, -0.15) is 0 Å². The number of fused-ring (bicyclic) bond motifs is 8. The summed E-state index contributed by atoms with van der Waals surface area (Å²) in [5.41, 5.74) is 20.8. The molecule has 2 heterocycles. The first-order valence-electron chi connectivity index (χ1n) is 27.4. The van der Waals surface area contributed by atoms with Crippen molar-refractivity contribution in [1.29, 1.82) is 0 Å². The summed E-state index contributed by atoms with van der Waals surface area (Å²) in [6.07, 6.45) is 9.74. The third-order valence-electron chi connectivity index (χ3n) is 19.4. The number of benzene rings is 9. The monoisotopic (exact) mass is 967 g/mol. The molecule has 0 spiro atoms. The number of rotatable bonds is 8. The molecule has 4 unspecified atom stereocenters. The summed E-state index contributed by atoms with van der Waals surface area (Å²) in [4.78, 5) is 9.77. The molecule has 4 aliphatic rings. The lowest BCUT2D eigenvalue weighted by molar-refractivity contribution is 0.195. The fraction of sp³-hybridized carbons (Fsp3) is 0.286. The topological polar surface area (TPSA) is 13.0 Å². The second-order valence-corrected chi connectivity index (χ2v) is 23.6. The Morgan fingerprint density at radius 2 is 0.689 bits per heavy atom. The standard InChI is InChI=1S/C70H70N4/c1-67-39-15-17-41-69(67,3)73(55-31-27-53(28-32-55)71(5)6)63-37-25-51(45-61(63)67)49-23-35-57-59(43-49)65(47-19-11-9-12-20-47)58-36-24-50(44-60(58)66(57)48-21-13-10-14-22-48)52-26-38-64-62(46-52)68(2)40-16-18-42-70(68,4)74(64)56-33-29-54(30-34-56)72(7)8/h9-14,19-38,43-46H,15-18,39-42H2,1-8H3. The van der Waals surface area contributed by atoms with Crippen molar-refractivity contribution in [2.45, 2.75) is 101 Å². The van der Waals surface area contributed by atoms with Gasteiger partial charge >= 0.3 is 0 Å². The van der Waals surface area contributed by atoms with E-state index in [-0.39, 0.29) is 21.9 Å². The largest absolute Gasteiger partial charge is 0.378 e. The van der Waals surface area contributed by atoms with Crippen LogP contribution in [0.3, 0.4) is 0 Å². The Bertz CT molecular complexity index is 3390. The van der Waals surface area contributed by atoms with Gasteiger partial charge in [-0.15, -0.1) is 0 Å². The summed E-state index contributed by atoms with van der Waals surface area (Å²) >= 11 is 0. The summed E-state index contributed by atoms with van der Waals surface area (Å²) in [6.45, 7) is 10.2. The van der Waals surface area contributed by atoms with Gasteiger partial charge in [0.05, 0.1) is 11.1 Å². The molecule has 74 heavy (non-hydrogen) atoms. The van der Waals surface area contributed by atoms with Gasteiger partial charge in [0.15, 0.2) is 0 Å². The summed E-state index contributed by atoms with van der Waals surface area (Å²) in [5.74, 6) is 0. The van der Waals surface area contributed by atoms with Crippen molar-refractivity contribution in [3.63, 3.8) is 0 Å². The van der Waals surface area contributed by atoms with Gasteiger partial charge in [-0.1, -0.05) is 137 Å².